The maximum Gasteiger partial charge on any atom is 0.240 e. The number of rotatable bonds is 8. The van der Waals surface area contributed by atoms with Crippen LogP contribution in [0.2, 0.25) is 0 Å². The Balaban J connectivity index is 2.11. The number of hydrogen-bond acceptors (Lipinski definition) is 5. The Morgan fingerprint density at radius 1 is 1.07 bits per heavy atom. The summed E-state index contributed by atoms with van der Waals surface area (Å²) in [7, 11) is -0.836. The fraction of sp³-hybridized carbons (Fsp3) is 0.316. The van der Waals surface area contributed by atoms with Gasteiger partial charge in [0, 0.05) is 31.8 Å². The summed E-state index contributed by atoms with van der Waals surface area (Å²) in [6, 6.07) is 11.8. The van der Waals surface area contributed by atoms with Gasteiger partial charge in [-0.1, -0.05) is 12.1 Å². The predicted molar refractivity (Wildman–Crippen MR) is 104 cm³/mol. The Bertz CT molecular complexity index is 912. The fourth-order valence-electron chi connectivity index (χ4n) is 2.62. The standard InChI is InChI=1S/C19H24N2O5S/c1-14-6-5-7-16(12-14)21(15(2)22)11-10-20-27(23,24)17-8-9-18(25-3)19(13-17)26-4/h5-9,12-13,20H,10-11H2,1-4H3. The summed E-state index contributed by atoms with van der Waals surface area (Å²) < 4.78 is 37.8. The molecule has 0 aromatic heterocycles. The molecule has 1 amide bonds. The number of nitrogens with one attached hydrogen (secondary N) is 1. The van der Waals surface area contributed by atoms with Crippen LogP contribution >= 0.6 is 0 Å². The molecule has 7 nitrogen and oxygen atoms in total. The number of anilines is 1. The zero-order valence-corrected chi connectivity index (χ0v) is 16.7. The Kier molecular flexibility index (Phi) is 6.81. The molecule has 27 heavy (non-hydrogen) atoms. The van der Waals surface area contributed by atoms with Crippen LogP contribution in [0.1, 0.15) is 12.5 Å². The number of benzene rings is 2. The van der Waals surface area contributed by atoms with E-state index in [1.165, 1.54) is 44.2 Å². The Morgan fingerprint density at radius 2 is 1.78 bits per heavy atom. The monoisotopic (exact) mass is 392 g/mol. The largest absolute Gasteiger partial charge is 0.493 e. The molecule has 0 bridgehead atoms. The van der Waals surface area contributed by atoms with Gasteiger partial charge in [0.1, 0.15) is 0 Å². The number of ether oxygens (including phenoxy) is 2. The second kappa shape index (κ2) is 8.88. The molecule has 0 saturated heterocycles. The summed E-state index contributed by atoms with van der Waals surface area (Å²) in [5, 5.41) is 0. The first-order valence-electron chi connectivity index (χ1n) is 8.35. The van der Waals surface area contributed by atoms with E-state index in [1.54, 1.807) is 0 Å². The molecule has 0 fully saturated rings. The molecule has 0 aliphatic carbocycles. The molecule has 0 atom stereocenters. The van der Waals surface area contributed by atoms with Gasteiger partial charge in [0.25, 0.3) is 0 Å². The molecule has 0 radical (unpaired) electrons. The van der Waals surface area contributed by atoms with Crippen LogP contribution in [0.3, 0.4) is 0 Å². The second-order valence-electron chi connectivity index (χ2n) is 5.92. The molecule has 0 aliphatic heterocycles. The quantitative estimate of drug-likeness (QED) is 0.745. The van der Waals surface area contributed by atoms with E-state index in [2.05, 4.69) is 4.72 Å². The van der Waals surface area contributed by atoms with Crippen molar-refractivity contribution in [3.8, 4) is 11.5 Å². The van der Waals surface area contributed by atoms with Gasteiger partial charge >= 0.3 is 0 Å². The summed E-state index contributed by atoms with van der Waals surface area (Å²) in [4.78, 5) is 13.5. The third-order valence-electron chi connectivity index (χ3n) is 3.99. The highest BCUT2D eigenvalue weighted by Crippen LogP contribution is 2.29. The molecule has 0 heterocycles. The van der Waals surface area contributed by atoms with Gasteiger partial charge in [-0.05, 0) is 36.8 Å². The minimum Gasteiger partial charge on any atom is -0.493 e. The summed E-state index contributed by atoms with van der Waals surface area (Å²) in [6.07, 6.45) is 0. The van der Waals surface area contributed by atoms with Crippen LogP contribution < -0.4 is 19.1 Å². The maximum atomic E-state index is 12.5. The number of nitrogens with zero attached hydrogens (tertiary/aromatic N) is 1. The number of methoxy groups -OCH3 is 2. The minimum atomic E-state index is -3.75. The van der Waals surface area contributed by atoms with E-state index < -0.39 is 10.0 Å². The van der Waals surface area contributed by atoms with E-state index >= 15 is 0 Å². The van der Waals surface area contributed by atoms with E-state index in [9.17, 15) is 13.2 Å². The van der Waals surface area contributed by atoms with Gasteiger partial charge in [-0.15, -0.1) is 0 Å². The van der Waals surface area contributed by atoms with Crippen LogP contribution in [0.5, 0.6) is 11.5 Å². The lowest BCUT2D eigenvalue weighted by molar-refractivity contribution is -0.116. The van der Waals surface area contributed by atoms with Gasteiger partial charge < -0.3 is 14.4 Å². The summed E-state index contributed by atoms with van der Waals surface area (Å²) in [6.45, 7) is 3.67. The Morgan fingerprint density at radius 3 is 2.37 bits per heavy atom. The molecular weight excluding hydrogens is 368 g/mol. The van der Waals surface area contributed by atoms with E-state index in [4.69, 9.17) is 9.47 Å². The van der Waals surface area contributed by atoms with Gasteiger partial charge in [-0.2, -0.15) is 0 Å². The highest BCUT2D eigenvalue weighted by Gasteiger charge is 2.18. The molecule has 1 N–H and O–H groups in total. The Labute approximate surface area is 160 Å². The normalized spacial score (nSPS) is 11.1. The zero-order chi connectivity index (χ0) is 20.0. The molecule has 0 unspecified atom stereocenters. The summed E-state index contributed by atoms with van der Waals surface area (Å²) >= 11 is 0. The molecule has 2 rings (SSSR count). The predicted octanol–water partition coefficient (Wildman–Crippen LogP) is 2.34. The molecular formula is C19H24N2O5S. The number of hydrogen-bond donors (Lipinski definition) is 1. The molecule has 2 aromatic carbocycles. The first-order valence-corrected chi connectivity index (χ1v) is 9.83. The highest BCUT2D eigenvalue weighted by molar-refractivity contribution is 7.89. The lowest BCUT2D eigenvalue weighted by atomic mass is 10.2. The number of carbonyl (C=O) groups excluding carboxylic acids is 1. The first kappa shape index (κ1) is 20.7. The lowest BCUT2D eigenvalue weighted by Crippen LogP contribution is -2.37. The van der Waals surface area contributed by atoms with Crippen molar-refractivity contribution in [1.29, 1.82) is 0 Å². The first-order chi connectivity index (χ1) is 12.8. The van der Waals surface area contributed by atoms with Crippen molar-refractivity contribution in [3.63, 3.8) is 0 Å². The molecule has 2 aromatic rings. The summed E-state index contributed by atoms with van der Waals surface area (Å²) in [5.74, 6) is 0.607. The molecule has 146 valence electrons. The van der Waals surface area contributed by atoms with Crippen LogP contribution in [0.15, 0.2) is 47.4 Å². The second-order valence-corrected chi connectivity index (χ2v) is 7.69. The van der Waals surface area contributed by atoms with Crippen molar-refractivity contribution >= 4 is 21.6 Å². The third kappa shape index (κ3) is 5.21. The topological polar surface area (TPSA) is 84.9 Å². The van der Waals surface area contributed by atoms with E-state index in [1.807, 2.05) is 31.2 Å². The average molecular weight is 392 g/mol. The van der Waals surface area contributed by atoms with Gasteiger partial charge in [0.15, 0.2) is 11.5 Å². The number of amides is 1. The van der Waals surface area contributed by atoms with Crippen LogP contribution in [0.4, 0.5) is 5.69 Å². The van der Waals surface area contributed by atoms with Gasteiger partial charge in [-0.3, -0.25) is 4.79 Å². The SMILES string of the molecule is COc1ccc(S(=O)(=O)NCCN(C(C)=O)c2cccc(C)c2)cc1OC. The van der Waals surface area contributed by atoms with Crippen LogP contribution in [-0.2, 0) is 14.8 Å². The third-order valence-corrected chi connectivity index (χ3v) is 5.44. The van der Waals surface area contributed by atoms with E-state index in [0.717, 1.165) is 11.3 Å². The fourth-order valence-corrected chi connectivity index (χ4v) is 3.66. The van der Waals surface area contributed by atoms with Crippen molar-refractivity contribution in [1.82, 2.24) is 4.72 Å². The number of sulfonamides is 1. The molecule has 0 spiro atoms. The van der Waals surface area contributed by atoms with Crippen molar-refractivity contribution in [2.45, 2.75) is 18.7 Å². The number of carbonyl (C=O) groups is 1. The molecule has 8 heteroatoms. The zero-order valence-electron chi connectivity index (χ0n) is 15.9. The van der Waals surface area contributed by atoms with Gasteiger partial charge in [0.05, 0.1) is 19.1 Å². The Hall–Kier alpha value is -2.58. The maximum absolute atomic E-state index is 12.5. The molecule has 0 aliphatic rings. The van der Waals surface area contributed by atoms with E-state index in [0.29, 0.717) is 11.5 Å². The van der Waals surface area contributed by atoms with E-state index in [-0.39, 0.29) is 23.9 Å². The van der Waals surface area contributed by atoms with Gasteiger partial charge in [0.2, 0.25) is 15.9 Å². The smallest absolute Gasteiger partial charge is 0.240 e. The van der Waals surface area contributed by atoms with Crippen molar-refractivity contribution < 1.29 is 22.7 Å². The lowest BCUT2D eigenvalue weighted by Gasteiger charge is -2.22. The van der Waals surface area contributed by atoms with Crippen LogP contribution in [0, 0.1) is 6.92 Å². The number of aryl methyl sites for hydroxylation is 1. The van der Waals surface area contributed by atoms with Crippen molar-refractivity contribution in [2.75, 3.05) is 32.2 Å². The molecule has 0 saturated carbocycles. The summed E-state index contributed by atoms with van der Waals surface area (Å²) in [5.41, 5.74) is 1.75. The average Bonchev–Trinajstić information content (AvgIpc) is 2.64. The van der Waals surface area contributed by atoms with Crippen LogP contribution in [-0.4, -0.2) is 41.6 Å². The van der Waals surface area contributed by atoms with Gasteiger partial charge in [-0.25, -0.2) is 13.1 Å². The van der Waals surface area contributed by atoms with Crippen LogP contribution in [0.25, 0.3) is 0 Å². The highest BCUT2D eigenvalue weighted by atomic mass is 32.2. The van der Waals surface area contributed by atoms with Crippen molar-refractivity contribution in [2.24, 2.45) is 0 Å². The minimum absolute atomic E-state index is 0.0603. The van der Waals surface area contributed by atoms with Crippen molar-refractivity contribution in [3.05, 3.63) is 48.0 Å².